The van der Waals surface area contributed by atoms with Gasteiger partial charge in [-0.05, 0) is 29.8 Å². The van der Waals surface area contributed by atoms with Crippen LogP contribution >= 0.6 is 0 Å². The molecule has 0 radical (unpaired) electrons. The summed E-state index contributed by atoms with van der Waals surface area (Å²) in [6, 6.07) is 14.1. The Morgan fingerprint density at radius 1 is 1.13 bits per heavy atom. The highest BCUT2D eigenvalue weighted by molar-refractivity contribution is 5.83. The molecule has 0 bridgehead atoms. The number of esters is 1. The molecule has 4 aromatic rings. The molecule has 2 aromatic heterocycles. The van der Waals surface area contributed by atoms with E-state index in [4.69, 9.17) is 13.9 Å². The van der Waals surface area contributed by atoms with Gasteiger partial charge in [0.2, 0.25) is 0 Å². The largest absolute Gasteiger partial charge is 0.481 e. The van der Waals surface area contributed by atoms with Crippen molar-refractivity contribution in [1.29, 1.82) is 0 Å². The second-order valence-electron chi connectivity index (χ2n) is 6.41. The lowest BCUT2D eigenvalue weighted by molar-refractivity contribution is -0.147. The Kier molecular flexibility index (Phi) is 5.51. The highest BCUT2D eigenvalue weighted by atomic mass is 19.1. The van der Waals surface area contributed by atoms with Crippen LogP contribution in [0.1, 0.15) is 11.3 Å². The standard InChI is InChI=1S/C21H16FN3O5/c22-15-7-5-14(6-8-15)10-25-11-16(23-24-25)12-29-21(27)13-28-19-9-20(26)30-18-4-2-1-3-17(18)19/h1-9,11H,10,12-13H2. The highest BCUT2D eigenvalue weighted by Gasteiger charge is 2.11. The van der Waals surface area contributed by atoms with Crippen molar-refractivity contribution in [2.45, 2.75) is 13.2 Å². The molecule has 0 saturated heterocycles. The molecule has 0 spiro atoms. The van der Waals surface area contributed by atoms with Gasteiger partial charge in [0.25, 0.3) is 0 Å². The van der Waals surface area contributed by atoms with E-state index in [0.717, 1.165) is 5.56 Å². The third-order valence-corrected chi connectivity index (χ3v) is 4.18. The fourth-order valence-corrected chi connectivity index (χ4v) is 2.79. The van der Waals surface area contributed by atoms with Crippen LogP contribution < -0.4 is 10.4 Å². The molecule has 30 heavy (non-hydrogen) atoms. The average Bonchev–Trinajstić information content (AvgIpc) is 3.19. The van der Waals surface area contributed by atoms with E-state index in [9.17, 15) is 14.0 Å². The number of halogens is 1. The van der Waals surface area contributed by atoms with Crippen molar-refractivity contribution < 1.29 is 23.1 Å². The van der Waals surface area contributed by atoms with Crippen molar-refractivity contribution in [3.63, 3.8) is 0 Å². The van der Waals surface area contributed by atoms with E-state index in [2.05, 4.69) is 10.3 Å². The number of ether oxygens (including phenoxy) is 2. The van der Waals surface area contributed by atoms with Crippen LogP contribution in [0.5, 0.6) is 5.75 Å². The first kappa shape index (κ1) is 19.3. The number of carbonyl (C=O) groups excluding carboxylic acids is 1. The summed E-state index contributed by atoms with van der Waals surface area (Å²) in [6.07, 6.45) is 1.63. The van der Waals surface area contributed by atoms with Crippen LogP contribution in [0.15, 0.2) is 70.0 Å². The van der Waals surface area contributed by atoms with Gasteiger partial charge in [0.05, 0.1) is 24.2 Å². The molecule has 2 aromatic carbocycles. The maximum atomic E-state index is 13.0. The molecule has 0 atom stereocenters. The van der Waals surface area contributed by atoms with E-state index in [1.807, 2.05) is 0 Å². The second-order valence-corrected chi connectivity index (χ2v) is 6.41. The molecule has 4 rings (SSSR count). The minimum Gasteiger partial charge on any atom is -0.481 e. The molecule has 2 heterocycles. The quantitative estimate of drug-likeness (QED) is 0.342. The third-order valence-electron chi connectivity index (χ3n) is 4.18. The van der Waals surface area contributed by atoms with Crippen molar-refractivity contribution >= 4 is 16.9 Å². The van der Waals surface area contributed by atoms with E-state index in [0.29, 0.717) is 23.2 Å². The maximum absolute atomic E-state index is 13.0. The average molecular weight is 409 g/mol. The van der Waals surface area contributed by atoms with Crippen LogP contribution in [-0.2, 0) is 22.7 Å². The lowest BCUT2D eigenvalue weighted by Gasteiger charge is -2.08. The molecule has 8 nitrogen and oxygen atoms in total. The van der Waals surface area contributed by atoms with Crippen LogP contribution in [0.25, 0.3) is 11.0 Å². The van der Waals surface area contributed by atoms with Gasteiger partial charge >= 0.3 is 11.6 Å². The molecule has 152 valence electrons. The number of hydrogen-bond acceptors (Lipinski definition) is 7. The zero-order valence-electron chi connectivity index (χ0n) is 15.7. The molecule has 0 unspecified atom stereocenters. The summed E-state index contributed by atoms with van der Waals surface area (Å²) in [5.41, 5.74) is 1.11. The minimum atomic E-state index is -0.625. The van der Waals surface area contributed by atoms with E-state index >= 15 is 0 Å². The summed E-state index contributed by atoms with van der Waals surface area (Å²) in [6.45, 7) is -0.0472. The minimum absolute atomic E-state index is 0.0801. The van der Waals surface area contributed by atoms with E-state index in [1.54, 1.807) is 47.3 Å². The van der Waals surface area contributed by atoms with Crippen molar-refractivity contribution in [2.75, 3.05) is 6.61 Å². The number of hydrogen-bond donors (Lipinski definition) is 0. The van der Waals surface area contributed by atoms with Crippen molar-refractivity contribution in [1.82, 2.24) is 15.0 Å². The van der Waals surface area contributed by atoms with Gasteiger partial charge in [-0.15, -0.1) is 5.10 Å². The van der Waals surface area contributed by atoms with E-state index in [1.165, 1.54) is 18.2 Å². The molecular formula is C21H16FN3O5. The van der Waals surface area contributed by atoms with Crippen molar-refractivity contribution in [3.05, 3.63) is 88.3 Å². The molecule has 0 fully saturated rings. The number of rotatable bonds is 7. The van der Waals surface area contributed by atoms with Crippen LogP contribution in [0.3, 0.4) is 0 Å². The monoisotopic (exact) mass is 409 g/mol. The number of carbonyl (C=O) groups is 1. The zero-order chi connectivity index (χ0) is 20.9. The van der Waals surface area contributed by atoms with Gasteiger partial charge < -0.3 is 13.9 Å². The van der Waals surface area contributed by atoms with E-state index in [-0.39, 0.29) is 24.8 Å². The van der Waals surface area contributed by atoms with Crippen LogP contribution in [0.2, 0.25) is 0 Å². The van der Waals surface area contributed by atoms with Crippen LogP contribution in [0, 0.1) is 5.82 Å². The lowest BCUT2D eigenvalue weighted by atomic mass is 10.2. The summed E-state index contributed by atoms with van der Waals surface area (Å²) >= 11 is 0. The van der Waals surface area contributed by atoms with Gasteiger partial charge in [-0.2, -0.15) is 0 Å². The molecule has 0 aliphatic carbocycles. The Hall–Kier alpha value is -4.01. The topological polar surface area (TPSA) is 96.5 Å². The maximum Gasteiger partial charge on any atom is 0.344 e. The predicted molar refractivity (Wildman–Crippen MR) is 103 cm³/mol. The first-order valence-electron chi connectivity index (χ1n) is 9.01. The van der Waals surface area contributed by atoms with Gasteiger partial charge in [-0.25, -0.2) is 18.7 Å². The summed E-state index contributed by atoms with van der Waals surface area (Å²) in [4.78, 5) is 23.6. The number of nitrogens with zero attached hydrogens (tertiary/aromatic N) is 3. The van der Waals surface area contributed by atoms with Gasteiger partial charge in [0.1, 0.15) is 29.5 Å². The summed E-state index contributed by atoms with van der Waals surface area (Å²) in [5, 5.41) is 8.47. The predicted octanol–water partition coefficient (Wildman–Crippen LogP) is 2.69. The Balaban J connectivity index is 1.31. The number of fused-ring (bicyclic) bond motifs is 1. The molecule has 0 aliphatic rings. The van der Waals surface area contributed by atoms with Gasteiger partial charge in [0, 0.05) is 0 Å². The SMILES string of the molecule is O=C(COc1cc(=O)oc2ccccc12)OCc1cn(Cc2ccc(F)cc2)nn1. The highest BCUT2D eigenvalue weighted by Crippen LogP contribution is 2.23. The van der Waals surface area contributed by atoms with Gasteiger partial charge in [0.15, 0.2) is 6.61 Å². The van der Waals surface area contributed by atoms with Crippen molar-refractivity contribution in [3.8, 4) is 5.75 Å². The molecule has 0 N–H and O–H groups in total. The summed E-state index contributed by atoms with van der Waals surface area (Å²) in [5.74, 6) is -0.694. The number of aromatic nitrogens is 3. The Morgan fingerprint density at radius 2 is 1.93 bits per heavy atom. The Bertz CT molecular complexity index is 1230. The van der Waals surface area contributed by atoms with E-state index < -0.39 is 11.6 Å². The molecule has 0 aliphatic heterocycles. The zero-order valence-corrected chi connectivity index (χ0v) is 15.7. The number of benzene rings is 2. The van der Waals surface area contributed by atoms with Gasteiger partial charge in [-0.3, -0.25) is 0 Å². The summed E-state index contributed by atoms with van der Waals surface area (Å²) in [7, 11) is 0. The third kappa shape index (κ3) is 4.69. The number of para-hydroxylation sites is 1. The van der Waals surface area contributed by atoms with Gasteiger partial charge in [-0.1, -0.05) is 29.5 Å². The molecular weight excluding hydrogens is 393 g/mol. The normalized spacial score (nSPS) is 10.8. The molecule has 9 heteroatoms. The van der Waals surface area contributed by atoms with Crippen LogP contribution in [-0.4, -0.2) is 27.6 Å². The molecule has 0 saturated carbocycles. The first-order chi connectivity index (χ1) is 14.6. The lowest BCUT2D eigenvalue weighted by Crippen LogP contribution is -2.15. The Morgan fingerprint density at radius 3 is 2.77 bits per heavy atom. The summed E-state index contributed by atoms with van der Waals surface area (Å²) < 4.78 is 30.2. The van der Waals surface area contributed by atoms with Crippen LogP contribution in [0.4, 0.5) is 4.39 Å². The Labute approximate surface area is 169 Å². The molecule has 0 amide bonds. The van der Waals surface area contributed by atoms with Crippen molar-refractivity contribution in [2.24, 2.45) is 0 Å². The second kappa shape index (κ2) is 8.56. The first-order valence-corrected chi connectivity index (χ1v) is 9.01. The fraction of sp³-hybridized carbons (Fsp3) is 0.143. The smallest absolute Gasteiger partial charge is 0.344 e. The fourth-order valence-electron chi connectivity index (χ4n) is 2.79.